The van der Waals surface area contributed by atoms with E-state index in [-0.39, 0.29) is 36.6 Å². The Morgan fingerprint density at radius 3 is 1.50 bits per heavy atom. The van der Waals surface area contributed by atoms with Gasteiger partial charge in [-0.05, 0) is 0 Å². The Labute approximate surface area is 79.5 Å². The molecule has 1 radical (unpaired) electrons. The molecule has 0 aliphatic heterocycles. The van der Waals surface area contributed by atoms with Gasteiger partial charge in [-0.3, -0.25) is 0 Å². The molecule has 0 bridgehead atoms. The average molecular weight is 169 g/mol. The van der Waals surface area contributed by atoms with Crippen LogP contribution in [0.2, 0.25) is 0 Å². The van der Waals surface area contributed by atoms with Gasteiger partial charge in [0.1, 0.15) is 0 Å². The van der Waals surface area contributed by atoms with Crippen LogP contribution in [-0.4, -0.2) is 0 Å². The van der Waals surface area contributed by atoms with Crippen molar-refractivity contribution in [2.24, 2.45) is 0 Å². The zero-order chi connectivity index (χ0) is 5.11. The van der Waals surface area contributed by atoms with Gasteiger partial charge in [-0.1, -0.05) is 6.07 Å². The van der Waals surface area contributed by atoms with E-state index in [1.54, 1.807) is 0 Å². The SMILES string of the molecule is [CH2-]c1ccccc1.[CH3-].[CH3-].[Ti+3]. The summed E-state index contributed by atoms with van der Waals surface area (Å²) in [7, 11) is 0. The van der Waals surface area contributed by atoms with Crippen molar-refractivity contribution < 1.29 is 21.7 Å². The molecular formula is C9H13Ti. The van der Waals surface area contributed by atoms with Crippen LogP contribution in [0, 0.1) is 21.8 Å². The minimum absolute atomic E-state index is 0. The number of rotatable bonds is 0. The minimum atomic E-state index is 0. The molecule has 0 saturated heterocycles. The van der Waals surface area contributed by atoms with E-state index in [9.17, 15) is 0 Å². The molecule has 1 aromatic carbocycles. The van der Waals surface area contributed by atoms with Gasteiger partial charge in [0, 0.05) is 0 Å². The molecule has 53 valence electrons. The first kappa shape index (κ1) is 16.4. The summed E-state index contributed by atoms with van der Waals surface area (Å²) in [5.74, 6) is 0. The third-order valence-corrected chi connectivity index (χ3v) is 0.843. The van der Waals surface area contributed by atoms with E-state index >= 15 is 0 Å². The second-order valence-corrected chi connectivity index (χ2v) is 1.49. The Hall–Kier alpha value is -0.196. The van der Waals surface area contributed by atoms with Crippen LogP contribution in [0.3, 0.4) is 0 Å². The van der Waals surface area contributed by atoms with E-state index in [4.69, 9.17) is 0 Å². The number of benzene rings is 1. The zero-order valence-corrected chi connectivity index (χ0v) is 8.16. The summed E-state index contributed by atoms with van der Waals surface area (Å²) in [4.78, 5) is 0. The van der Waals surface area contributed by atoms with E-state index in [1.165, 1.54) is 0 Å². The van der Waals surface area contributed by atoms with E-state index < -0.39 is 0 Å². The average Bonchev–Trinajstić information content (AvgIpc) is 1.69. The van der Waals surface area contributed by atoms with Crippen molar-refractivity contribution in [2.45, 2.75) is 0 Å². The van der Waals surface area contributed by atoms with Crippen LogP contribution in [-0.2, 0) is 21.7 Å². The van der Waals surface area contributed by atoms with E-state index in [1.807, 2.05) is 30.3 Å². The van der Waals surface area contributed by atoms with Gasteiger partial charge in [0.25, 0.3) is 0 Å². The predicted octanol–water partition coefficient (Wildman–Crippen LogP) is 2.77. The molecule has 0 aromatic heterocycles. The van der Waals surface area contributed by atoms with Gasteiger partial charge in [-0.25, -0.2) is 0 Å². The van der Waals surface area contributed by atoms with Crippen molar-refractivity contribution in [3.63, 3.8) is 0 Å². The van der Waals surface area contributed by atoms with Crippen LogP contribution in [0.4, 0.5) is 0 Å². The molecule has 10 heavy (non-hydrogen) atoms. The first-order valence-corrected chi connectivity index (χ1v) is 2.26. The summed E-state index contributed by atoms with van der Waals surface area (Å²) >= 11 is 0. The fourth-order valence-electron chi connectivity index (χ4n) is 0.478. The molecule has 0 spiro atoms. The molecule has 1 aromatic rings. The maximum absolute atomic E-state index is 3.72. The molecule has 1 heteroatoms. The van der Waals surface area contributed by atoms with Gasteiger partial charge in [-0.2, -0.15) is 24.6 Å². The smallest absolute Gasteiger partial charge is 0.358 e. The van der Waals surface area contributed by atoms with Crippen LogP contribution < -0.4 is 0 Å². The maximum Gasteiger partial charge on any atom is 3.00 e. The summed E-state index contributed by atoms with van der Waals surface area (Å²) < 4.78 is 0. The molecule has 0 aliphatic rings. The third kappa shape index (κ3) is 5.93. The molecule has 0 nitrogen and oxygen atoms in total. The number of hydrogen-bond donors (Lipinski definition) is 0. The standard InChI is InChI=1S/C7H7.2CH3.Ti/c1-7-5-3-2-4-6-7;;;/h2-6H,1H2;2*1H3;/q3*-1;+3. The van der Waals surface area contributed by atoms with E-state index in [0.717, 1.165) is 5.56 Å². The van der Waals surface area contributed by atoms with Crippen molar-refractivity contribution in [3.8, 4) is 0 Å². The summed E-state index contributed by atoms with van der Waals surface area (Å²) in [6.45, 7) is 3.72. The second-order valence-electron chi connectivity index (χ2n) is 1.49. The quantitative estimate of drug-likeness (QED) is 0.413. The van der Waals surface area contributed by atoms with Gasteiger partial charge >= 0.3 is 21.7 Å². The number of hydrogen-bond acceptors (Lipinski definition) is 0. The molecule has 0 heterocycles. The molecular weight excluding hydrogens is 156 g/mol. The van der Waals surface area contributed by atoms with Crippen LogP contribution in [0.25, 0.3) is 0 Å². The van der Waals surface area contributed by atoms with Crippen LogP contribution in [0.1, 0.15) is 5.56 Å². The minimum Gasteiger partial charge on any atom is -0.358 e. The van der Waals surface area contributed by atoms with Crippen LogP contribution in [0.5, 0.6) is 0 Å². The summed E-state index contributed by atoms with van der Waals surface area (Å²) in [5.41, 5.74) is 1.07. The Kier molecular flexibility index (Phi) is 14.5. The normalized spacial score (nSPS) is 6.00. The van der Waals surface area contributed by atoms with Crippen molar-refractivity contribution in [1.82, 2.24) is 0 Å². The fraction of sp³-hybridized carbons (Fsp3) is 0. The van der Waals surface area contributed by atoms with Gasteiger partial charge in [-0.15, -0.1) is 12.1 Å². The van der Waals surface area contributed by atoms with Crippen molar-refractivity contribution in [2.75, 3.05) is 0 Å². The first-order valence-electron chi connectivity index (χ1n) is 2.26. The van der Waals surface area contributed by atoms with Crippen molar-refractivity contribution in [1.29, 1.82) is 0 Å². The van der Waals surface area contributed by atoms with Gasteiger partial charge in [0.05, 0.1) is 0 Å². The molecule has 0 saturated carbocycles. The maximum atomic E-state index is 3.72. The van der Waals surface area contributed by atoms with Gasteiger partial charge in [0.2, 0.25) is 0 Å². The zero-order valence-electron chi connectivity index (χ0n) is 6.59. The molecule has 0 fully saturated rings. The van der Waals surface area contributed by atoms with Crippen LogP contribution >= 0.6 is 0 Å². The van der Waals surface area contributed by atoms with Crippen molar-refractivity contribution >= 4 is 0 Å². The largest absolute Gasteiger partial charge is 3.00 e. The Bertz CT molecular complexity index is 135. The summed E-state index contributed by atoms with van der Waals surface area (Å²) in [6, 6.07) is 9.87. The topological polar surface area (TPSA) is 0 Å². The van der Waals surface area contributed by atoms with Gasteiger partial charge in [0.15, 0.2) is 0 Å². The van der Waals surface area contributed by atoms with Crippen molar-refractivity contribution in [3.05, 3.63) is 57.7 Å². The molecule has 0 atom stereocenters. The Morgan fingerprint density at radius 1 is 0.900 bits per heavy atom. The Balaban J connectivity index is -0.000000163. The molecule has 1 rings (SSSR count). The Morgan fingerprint density at radius 2 is 1.30 bits per heavy atom. The summed E-state index contributed by atoms with van der Waals surface area (Å²) in [5, 5.41) is 0. The first-order chi connectivity index (χ1) is 3.39. The molecule has 0 aliphatic carbocycles. The van der Waals surface area contributed by atoms with Crippen LogP contribution in [0.15, 0.2) is 30.3 Å². The summed E-state index contributed by atoms with van der Waals surface area (Å²) in [6.07, 6.45) is 0. The molecule has 0 N–H and O–H groups in total. The molecule has 0 amide bonds. The monoisotopic (exact) mass is 169 g/mol. The second kappa shape index (κ2) is 8.80. The fourth-order valence-corrected chi connectivity index (χ4v) is 0.478. The van der Waals surface area contributed by atoms with Gasteiger partial charge < -0.3 is 14.9 Å². The third-order valence-electron chi connectivity index (χ3n) is 0.843. The molecule has 0 unspecified atom stereocenters. The van der Waals surface area contributed by atoms with E-state index in [2.05, 4.69) is 6.92 Å². The van der Waals surface area contributed by atoms with E-state index in [0.29, 0.717) is 0 Å². The predicted molar refractivity (Wildman–Crippen MR) is 43.7 cm³/mol.